The third-order valence-electron chi connectivity index (χ3n) is 0.928. The van der Waals surface area contributed by atoms with Gasteiger partial charge < -0.3 is 20.6 Å². The van der Waals surface area contributed by atoms with E-state index < -0.39 is 25.4 Å². The number of nitrogens with one attached hydrogen (secondary N) is 1. The molecule has 1 unspecified atom stereocenters. The molecule has 0 saturated carbocycles. The lowest BCUT2D eigenvalue weighted by Gasteiger charge is -2.11. The smallest absolute Gasteiger partial charge is 0.365 e. The molecule has 0 aromatic carbocycles. The van der Waals surface area contributed by atoms with Crippen molar-refractivity contribution in [1.29, 1.82) is 0 Å². The summed E-state index contributed by atoms with van der Waals surface area (Å²) in [5.41, 5.74) is 0. The number of alkyl halides is 2. The van der Waals surface area contributed by atoms with E-state index >= 15 is 0 Å². The van der Waals surface area contributed by atoms with Crippen molar-refractivity contribution in [3.05, 3.63) is 0 Å². The highest BCUT2D eigenvalue weighted by atomic mass is 19.3. The van der Waals surface area contributed by atoms with Crippen LogP contribution in [0.2, 0.25) is 0 Å². The number of aliphatic hydroxyl groups is 3. The van der Waals surface area contributed by atoms with E-state index in [4.69, 9.17) is 15.3 Å². The fraction of sp³-hybridized carbons (Fsp3) is 1.00. The van der Waals surface area contributed by atoms with E-state index in [1.165, 1.54) is 0 Å². The molecule has 0 fully saturated rings. The van der Waals surface area contributed by atoms with Crippen LogP contribution in [0.5, 0.6) is 0 Å². The molecule has 0 bridgehead atoms. The van der Waals surface area contributed by atoms with Crippen LogP contribution in [-0.4, -0.2) is 47.2 Å². The lowest BCUT2D eigenvalue weighted by molar-refractivity contribution is -0.194. The lowest BCUT2D eigenvalue weighted by atomic mass is 10.4. The minimum absolute atomic E-state index is 0.174. The zero-order chi connectivity index (χ0) is 8.91. The zero-order valence-corrected chi connectivity index (χ0v) is 5.80. The highest BCUT2D eigenvalue weighted by Crippen LogP contribution is 2.04. The maximum atomic E-state index is 11.6. The molecular weight excluding hydrogens is 160 g/mol. The van der Waals surface area contributed by atoms with Gasteiger partial charge in [-0.3, -0.25) is 0 Å². The largest absolute Gasteiger partial charge is 0.394 e. The summed E-state index contributed by atoms with van der Waals surface area (Å²) in [5.74, 6) is 0. The highest BCUT2D eigenvalue weighted by Gasteiger charge is 2.23. The normalized spacial score (nSPS) is 15.0. The Bertz CT molecular complexity index is 106. The first-order valence-corrected chi connectivity index (χ1v) is 3.05. The molecule has 0 aromatic heterocycles. The molecule has 0 aliphatic carbocycles. The molecule has 0 heterocycles. The van der Waals surface area contributed by atoms with Gasteiger partial charge in [-0.05, 0) is 0 Å². The van der Waals surface area contributed by atoms with Gasteiger partial charge in [-0.15, -0.1) is 0 Å². The maximum Gasteiger partial charge on any atom is 0.365 e. The van der Waals surface area contributed by atoms with E-state index in [1.54, 1.807) is 0 Å². The Morgan fingerprint density at radius 1 is 1.45 bits per heavy atom. The van der Waals surface area contributed by atoms with E-state index in [1.807, 2.05) is 0 Å². The van der Waals surface area contributed by atoms with Crippen LogP contribution in [0.1, 0.15) is 0 Å². The molecule has 6 heteroatoms. The van der Waals surface area contributed by atoms with Gasteiger partial charge in [0, 0.05) is 6.54 Å². The van der Waals surface area contributed by atoms with Crippen molar-refractivity contribution < 1.29 is 24.1 Å². The van der Waals surface area contributed by atoms with Crippen LogP contribution < -0.4 is 5.32 Å². The maximum absolute atomic E-state index is 11.6. The van der Waals surface area contributed by atoms with Crippen LogP contribution in [-0.2, 0) is 0 Å². The van der Waals surface area contributed by atoms with E-state index in [2.05, 4.69) is 5.32 Å². The van der Waals surface area contributed by atoms with Crippen molar-refractivity contribution in [2.75, 3.05) is 19.7 Å². The molecule has 4 N–H and O–H groups in total. The Morgan fingerprint density at radius 3 is 2.36 bits per heavy atom. The first-order chi connectivity index (χ1) is 4.95. The molecule has 68 valence electrons. The minimum Gasteiger partial charge on any atom is -0.394 e. The topological polar surface area (TPSA) is 72.7 Å². The van der Waals surface area contributed by atoms with Crippen molar-refractivity contribution >= 4 is 0 Å². The second-order valence-corrected chi connectivity index (χ2v) is 2.13. The Hall–Kier alpha value is -0.300. The van der Waals surface area contributed by atoms with Crippen LogP contribution in [0.15, 0.2) is 0 Å². The summed E-state index contributed by atoms with van der Waals surface area (Å²) < 4.78 is 23.3. The van der Waals surface area contributed by atoms with Crippen molar-refractivity contribution in [2.24, 2.45) is 0 Å². The Balaban J connectivity index is 3.28. The standard InChI is InChI=1S/C5H11F2NO3/c6-5(7,11)3-8-1-4(10)2-9/h4,8-11H,1-3H2. The molecular formula is C5H11F2NO3. The van der Waals surface area contributed by atoms with Gasteiger partial charge in [-0.2, -0.15) is 8.78 Å². The van der Waals surface area contributed by atoms with Crippen LogP contribution in [0.4, 0.5) is 8.78 Å². The summed E-state index contributed by atoms with van der Waals surface area (Å²) >= 11 is 0. The fourth-order valence-electron chi connectivity index (χ4n) is 0.454. The van der Waals surface area contributed by atoms with Crippen molar-refractivity contribution in [2.45, 2.75) is 12.2 Å². The molecule has 0 aliphatic heterocycles. The predicted molar refractivity (Wildman–Crippen MR) is 33.1 cm³/mol. The van der Waals surface area contributed by atoms with Crippen LogP contribution in [0.25, 0.3) is 0 Å². The average Bonchev–Trinajstić information content (AvgIpc) is 1.85. The molecule has 11 heavy (non-hydrogen) atoms. The van der Waals surface area contributed by atoms with Gasteiger partial charge in [0.1, 0.15) is 0 Å². The summed E-state index contributed by atoms with van der Waals surface area (Å²) in [7, 11) is 0. The molecule has 0 rings (SSSR count). The van der Waals surface area contributed by atoms with Crippen LogP contribution in [0, 0.1) is 0 Å². The number of aliphatic hydroxyl groups excluding tert-OH is 2. The number of halogens is 2. The molecule has 0 amide bonds. The average molecular weight is 171 g/mol. The first-order valence-electron chi connectivity index (χ1n) is 3.05. The molecule has 0 aliphatic rings. The molecule has 4 nitrogen and oxygen atoms in total. The van der Waals surface area contributed by atoms with Gasteiger partial charge in [0.25, 0.3) is 0 Å². The van der Waals surface area contributed by atoms with Gasteiger partial charge in [-0.1, -0.05) is 0 Å². The highest BCUT2D eigenvalue weighted by molar-refractivity contribution is 4.60. The molecule has 0 saturated heterocycles. The number of hydrogen-bond acceptors (Lipinski definition) is 4. The molecule has 0 aromatic rings. The quantitative estimate of drug-likeness (QED) is 0.407. The monoisotopic (exact) mass is 171 g/mol. The summed E-state index contributed by atoms with van der Waals surface area (Å²) in [6, 6.07) is 0. The molecule has 0 radical (unpaired) electrons. The van der Waals surface area contributed by atoms with E-state index in [9.17, 15) is 8.78 Å². The van der Waals surface area contributed by atoms with E-state index in [0.29, 0.717) is 0 Å². The van der Waals surface area contributed by atoms with Gasteiger partial charge in [0.2, 0.25) is 0 Å². The van der Waals surface area contributed by atoms with Gasteiger partial charge in [0.05, 0.1) is 19.3 Å². The first kappa shape index (κ1) is 10.7. The Labute approximate surface area is 62.5 Å². The minimum atomic E-state index is -3.77. The van der Waals surface area contributed by atoms with E-state index in [0.717, 1.165) is 0 Å². The van der Waals surface area contributed by atoms with Crippen LogP contribution in [0.3, 0.4) is 0 Å². The molecule has 1 atom stereocenters. The summed E-state index contributed by atoms with van der Waals surface area (Å²) in [6.07, 6.45) is -4.84. The molecule has 0 spiro atoms. The third-order valence-corrected chi connectivity index (χ3v) is 0.928. The SMILES string of the molecule is OCC(O)CNCC(O)(F)F. The fourth-order valence-corrected chi connectivity index (χ4v) is 0.454. The van der Waals surface area contributed by atoms with Gasteiger partial charge in [-0.25, -0.2) is 0 Å². The summed E-state index contributed by atoms with van der Waals surface area (Å²) in [6.45, 7) is -1.60. The van der Waals surface area contributed by atoms with Gasteiger partial charge >= 0.3 is 6.11 Å². The Morgan fingerprint density at radius 2 is 2.00 bits per heavy atom. The second kappa shape index (κ2) is 4.55. The number of hydrogen-bond donors (Lipinski definition) is 4. The predicted octanol–water partition coefficient (Wildman–Crippen LogP) is -1.49. The van der Waals surface area contributed by atoms with Crippen molar-refractivity contribution in [1.82, 2.24) is 5.32 Å². The number of rotatable bonds is 5. The zero-order valence-electron chi connectivity index (χ0n) is 5.80. The van der Waals surface area contributed by atoms with Crippen LogP contribution >= 0.6 is 0 Å². The Kier molecular flexibility index (Phi) is 4.43. The third kappa shape index (κ3) is 7.60. The van der Waals surface area contributed by atoms with Gasteiger partial charge in [0.15, 0.2) is 0 Å². The lowest BCUT2D eigenvalue weighted by Crippen LogP contribution is -2.37. The second-order valence-electron chi connectivity index (χ2n) is 2.13. The van der Waals surface area contributed by atoms with Crippen molar-refractivity contribution in [3.8, 4) is 0 Å². The summed E-state index contributed by atoms with van der Waals surface area (Å²) in [5, 5.41) is 26.8. The summed E-state index contributed by atoms with van der Waals surface area (Å²) in [4.78, 5) is 0. The van der Waals surface area contributed by atoms with E-state index in [-0.39, 0.29) is 6.54 Å². The van der Waals surface area contributed by atoms with Crippen molar-refractivity contribution in [3.63, 3.8) is 0 Å².